The molecule has 0 atom stereocenters. The Morgan fingerprint density at radius 3 is 2.21 bits per heavy atom. The van der Waals surface area contributed by atoms with Gasteiger partial charge in [-0.25, -0.2) is 4.79 Å². The van der Waals surface area contributed by atoms with E-state index in [1.807, 2.05) is 0 Å². The summed E-state index contributed by atoms with van der Waals surface area (Å²) in [5.41, 5.74) is 0.643. The van der Waals surface area contributed by atoms with E-state index in [1.54, 1.807) is 6.92 Å². The molecule has 0 saturated heterocycles. The molecule has 6 heteroatoms. The first kappa shape index (κ1) is 15.5. The van der Waals surface area contributed by atoms with Crippen molar-refractivity contribution in [2.24, 2.45) is 4.99 Å². The lowest BCUT2D eigenvalue weighted by Gasteiger charge is -2.09. The van der Waals surface area contributed by atoms with Gasteiger partial charge in [-0.1, -0.05) is 23.2 Å². The normalized spacial score (nSPS) is 13.0. The lowest BCUT2D eigenvalue weighted by Crippen LogP contribution is -2.14. The Kier molecular flexibility index (Phi) is 5.39. The Morgan fingerprint density at radius 2 is 1.79 bits per heavy atom. The standard InChI is InChI=1S/C13H13Cl2NO3/c1-7(16-2)11(13(18)19-3)12(17)8-4-9(14)6-10(15)5-8/h4-6,17H,1-3H3. The van der Waals surface area contributed by atoms with Crippen molar-refractivity contribution in [3.05, 3.63) is 39.4 Å². The molecular weight excluding hydrogens is 289 g/mol. The molecule has 102 valence electrons. The van der Waals surface area contributed by atoms with Crippen LogP contribution >= 0.6 is 23.2 Å². The highest BCUT2D eigenvalue weighted by molar-refractivity contribution is 6.35. The molecule has 0 heterocycles. The van der Waals surface area contributed by atoms with Crippen LogP contribution in [0.25, 0.3) is 5.76 Å². The lowest BCUT2D eigenvalue weighted by molar-refractivity contribution is -0.135. The zero-order chi connectivity index (χ0) is 14.6. The van der Waals surface area contributed by atoms with Crippen LogP contribution in [0.1, 0.15) is 12.5 Å². The molecule has 1 rings (SSSR count). The molecule has 0 unspecified atom stereocenters. The summed E-state index contributed by atoms with van der Waals surface area (Å²) in [7, 11) is 2.74. The number of methoxy groups -OCH3 is 1. The van der Waals surface area contributed by atoms with Crippen LogP contribution in [-0.4, -0.2) is 30.9 Å². The van der Waals surface area contributed by atoms with E-state index >= 15 is 0 Å². The van der Waals surface area contributed by atoms with Gasteiger partial charge in [-0.05, 0) is 25.1 Å². The molecule has 0 fully saturated rings. The number of aliphatic imine (C=N–C) groups is 1. The zero-order valence-corrected chi connectivity index (χ0v) is 12.2. The molecule has 0 aliphatic carbocycles. The van der Waals surface area contributed by atoms with Crippen LogP contribution in [0.4, 0.5) is 0 Å². The van der Waals surface area contributed by atoms with Crippen molar-refractivity contribution in [2.45, 2.75) is 6.92 Å². The van der Waals surface area contributed by atoms with Gasteiger partial charge in [-0.2, -0.15) is 0 Å². The minimum absolute atomic E-state index is 0.0247. The Morgan fingerprint density at radius 1 is 1.26 bits per heavy atom. The van der Waals surface area contributed by atoms with Crippen LogP contribution in [0.15, 0.2) is 28.8 Å². The summed E-state index contributed by atoms with van der Waals surface area (Å²) in [6, 6.07) is 4.52. The number of nitrogens with zero attached hydrogens (tertiary/aromatic N) is 1. The van der Waals surface area contributed by atoms with Crippen LogP contribution in [0, 0.1) is 0 Å². The van der Waals surface area contributed by atoms with Gasteiger partial charge in [0, 0.05) is 28.4 Å². The largest absolute Gasteiger partial charge is 0.506 e. The van der Waals surface area contributed by atoms with Crippen LogP contribution in [0.3, 0.4) is 0 Å². The van der Waals surface area contributed by atoms with Crippen molar-refractivity contribution in [1.29, 1.82) is 0 Å². The number of benzene rings is 1. The van der Waals surface area contributed by atoms with Crippen molar-refractivity contribution in [2.75, 3.05) is 14.2 Å². The molecule has 4 nitrogen and oxygen atoms in total. The fraction of sp³-hybridized carbons (Fsp3) is 0.231. The number of aliphatic hydroxyl groups excluding tert-OH is 1. The van der Waals surface area contributed by atoms with Crippen LogP contribution in [0.5, 0.6) is 0 Å². The number of carbonyl (C=O) groups excluding carboxylic acids is 1. The predicted molar refractivity (Wildman–Crippen MR) is 77.1 cm³/mol. The molecule has 0 saturated carbocycles. The number of halogens is 2. The fourth-order valence-electron chi connectivity index (χ4n) is 1.46. The van der Waals surface area contributed by atoms with Crippen LogP contribution in [0.2, 0.25) is 10.0 Å². The summed E-state index contributed by atoms with van der Waals surface area (Å²) in [5.74, 6) is -0.962. The number of ether oxygens (including phenoxy) is 1. The van der Waals surface area contributed by atoms with Crippen molar-refractivity contribution < 1.29 is 14.6 Å². The van der Waals surface area contributed by atoms with E-state index in [0.717, 1.165) is 0 Å². The first-order valence-corrected chi connectivity index (χ1v) is 6.08. The maximum atomic E-state index is 11.7. The number of esters is 1. The summed E-state index contributed by atoms with van der Waals surface area (Å²) < 4.78 is 4.63. The second-order valence-electron chi connectivity index (χ2n) is 3.68. The third-order valence-electron chi connectivity index (χ3n) is 2.46. The quantitative estimate of drug-likeness (QED) is 0.402. The van der Waals surface area contributed by atoms with Gasteiger partial charge in [0.2, 0.25) is 0 Å². The predicted octanol–water partition coefficient (Wildman–Crippen LogP) is 3.53. The van der Waals surface area contributed by atoms with Gasteiger partial charge >= 0.3 is 5.97 Å². The van der Waals surface area contributed by atoms with Gasteiger partial charge in [0.25, 0.3) is 0 Å². The van der Waals surface area contributed by atoms with E-state index in [9.17, 15) is 9.90 Å². The summed E-state index contributed by atoms with van der Waals surface area (Å²) >= 11 is 11.7. The Labute approximate surface area is 121 Å². The van der Waals surface area contributed by atoms with Gasteiger partial charge in [-0.3, -0.25) is 4.99 Å². The molecule has 0 aliphatic heterocycles. The Balaban J connectivity index is 3.48. The lowest BCUT2D eigenvalue weighted by atomic mass is 10.0. The number of hydrogen-bond donors (Lipinski definition) is 1. The van der Waals surface area contributed by atoms with E-state index in [1.165, 1.54) is 32.4 Å². The third-order valence-corrected chi connectivity index (χ3v) is 2.90. The number of carbonyl (C=O) groups is 1. The average Bonchev–Trinajstić information content (AvgIpc) is 2.37. The number of hydrogen-bond acceptors (Lipinski definition) is 4. The summed E-state index contributed by atoms with van der Waals surface area (Å²) in [6.07, 6.45) is 0. The van der Waals surface area contributed by atoms with Gasteiger partial charge in [-0.15, -0.1) is 0 Å². The summed E-state index contributed by atoms with van der Waals surface area (Å²) in [5, 5.41) is 10.9. The molecule has 0 aromatic heterocycles. The van der Waals surface area contributed by atoms with E-state index < -0.39 is 5.97 Å². The first-order valence-electron chi connectivity index (χ1n) is 5.32. The Hall–Kier alpha value is -1.52. The maximum Gasteiger partial charge on any atom is 0.343 e. The van der Waals surface area contributed by atoms with E-state index in [-0.39, 0.29) is 11.3 Å². The highest BCUT2D eigenvalue weighted by Gasteiger charge is 2.20. The second-order valence-corrected chi connectivity index (χ2v) is 4.56. The first-order chi connectivity index (χ1) is 8.90. The van der Waals surface area contributed by atoms with Crippen molar-refractivity contribution in [1.82, 2.24) is 0 Å². The molecular formula is C13H13Cl2NO3. The Bertz CT molecular complexity index is 545. The fourth-order valence-corrected chi connectivity index (χ4v) is 1.99. The van der Waals surface area contributed by atoms with Gasteiger partial charge in [0.15, 0.2) is 0 Å². The van der Waals surface area contributed by atoms with E-state index in [0.29, 0.717) is 21.3 Å². The maximum absolute atomic E-state index is 11.7. The van der Waals surface area contributed by atoms with E-state index in [4.69, 9.17) is 23.2 Å². The number of rotatable bonds is 3. The molecule has 1 aromatic rings. The SMILES string of the molecule is CN=C(C)C(C(=O)OC)=C(O)c1cc(Cl)cc(Cl)c1. The van der Waals surface area contributed by atoms with Gasteiger partial charge in [0.1, 0.15) is 11.3 Å². The van der Waals surface area contributed by atoms with Gasteiger partial charge in [0.05, 0.1) is 7.11 Å². The highest BCUT2D eigenvalue weighted by atomic mass is 35.5. The summed E-state index contributed by atoms with van der Waals surface area (Å²) in [6.45, 7) is 1.59. The zero-order valence-electron chi connectivity index (χ0n) is 10.7. The number of aliphatic hydroxyl groups is 1. The molecule has 1 N–H and O–H groups in total. The van der Waals surface area contributed by atoms with Crippen LogP contribution < -0.4 is 0 Å². The smallest absolute Gasteiger partial charge is 0.343 e. The highest BCUT2D eigenvalue weighted by Crippen LogP contribution is 2.25. The van der Waals surface area contributed by atoms with Crippen molar-refractivity contribution in [3.8, 4) is 0 Å². The molecule has 0 bridgehead atoms. The van der Waals surface area contributed by atoms with Crippen molar-refractivity contribution >= 4 is 40.6 Å². The molecule has 19 heavy (non-hydrogen) atoms. The summed E-state index contributed by atoms with van der Waals surface area (Å²) in [4.78, 5) is 15.6. The monoisotopic (exact) mass is 301 g/mol. The molecule has 0 spiro atoms. The van der Waals surface area contributed by atoms with E-state index in [2.05, 4.69) is 9.73 Å². The topological polar surface area (TPSA) is 58.9 Å². The molecule has 0 amide bonds. The molecule has 0 aliphatic rings. The molecule has 0 radical (unpaired) electrons. The van der Waals surface area contributed by atoms with Crippen LogP contribution in [-0.2, 0) is 9.53 Å². The van der Waals surface area contributed by atoms with Crippen molar-refractivity contribution in [3.63, 3.8) is 0 Å². The minimum atomic E-state index is -0.684. The second kappa shape index (κ2) is 6.59. The molecule has 1 aromatic carbocycles. The third kappa shape index (κ3) is 3.72. The van der Waals surface area contributed by atoms with Gasteiger partial charge < -0.3 is 9.84 Å². The average molecular weight is 302 g/mol. The minimum Gasteiger partial charge on any atom is -0.506 e.